The summed E-state index contributed by atoms with van der Waals surface area (Å²) in [6, 6.07) is 0. The summed E-state index contributed by atoms with van der Waals surface area (Å²) in [6.45, 7) is 0. The molecular formula is C40H67N3O. The molecule has 0 bridgehead atoms. The van der Waals surface area contributed by atoms with Crippen molar-refractivity contribution in [2.24, 2.45) is 58.7 Å². The van der Waals surface area contributed by atoms with Gasteiger partial charge in [0, 0.05) is 0 Å². The summed E-state index contributed by atoms with van der Waals surface area (Å²) in [5.41, 5.74) is 0.599. The van der Waals surface area contributed by atoms with E-state index in [1.165, 1.54) is 148 Å². The number of ether oxygens (including phenoxy) is 1. The molecule has 2 saturated heterocycles. The van der Waals surface area contributed by atoms with Gasteiger partial charge in [-0.1, -0.05) is 77.0 Å². The Balaban J connectivity index is 1.04. The van der Waals surface area contributed by atoms with E-state index in [9.17, 15) is 0 Å². The van der Waals surface area contributed by atoms with E-state index in [0.717, 1.165) is 53.3 Å². The minimum Gasteiger partial charge on any atom is -0.374 e. The molecule has 9 fully saturated rings. The molecular weight excluding hydrogens is 538 g/mol. The Kier molecular flexibility index (Phi) is 8.64. The van der Waals surface area contributed by atoms with Crippen molar-refractivity contribution in [3.8, 4) is 0 Å². The van der Waals surface area contributed by atoms with Gasteiger partial charge in [0.1, 0.15) is 0 Å². The molecule has 2 aliphatic heterocycles. The second-order valence-electron chi connectivity index (χ2n) is 18.1. The van der Waals surface area contributed by atoms with Crippen LogP contribution in [0.25, 0.3) is 0 Å². The Hall–Kier alpha value is -0.160. The summed E-state index contributed by atoms with van der Waals surface area (Å²) in [6.07, 6.45) is 39.4. The SMILES string of the molecule is C1CCC(C2NC(C3CCCCC3)NC(C3CCC4C5CCCCC5C5(C6CCCCC6OC6CCCCC65)C4C3)N2)CC1. The lowest BCUT2D eigenvalue weighted by atomic mass is 9.46. The van der Waals surface area contributed by atoms with Crippen LogP contribution in [0.4, 0.5) is 0 Å². The first-order valence-electron chi connectivity index (χ1n) is 20.7. The molecule has 2 heterocycles. The summed E-state index contributed by atoms with van der Waals surface area (Å²) < 4.78 is 7.21. The Morgan fingerprint density at radius 1 is 0.364 bits per heavy atom. The van der Waals surface area contributed by atoms with E-state index in [-0.39, 0.29) is 0 Å². The van der Waals surface area contributed by atoms with Gasteiger partial charge >= 0.3 is 0 Å². The fraction of sp³-hybridized carbons (Fsp3) is 1.00. The summed E-state index contributed by atoms with van der Waals surface area (Å²) in [7, 11) is 0. The molecule has 0 aromatic rings. The van der Waals surface area contributed by atoms with Crippen molar-refractivity contribution in [2.45, 2.75) is 191 Å². The highest BCUT2D eigenvalue weighted by Crippen LogP contribution is 2.74. The van der Waals surface area contributed by atoms with E-state index in [1.54, 1.807) is 12.8 Å². The Morgan fingerprint density at radius 2 is 0.818 bits per heavy atom. The molecule has 4 heteroatoms. The van der Waals surface area contributed by atoms with Crippen LogP contribution in [0.15, 0.2) is 0 Å². The molecule has 9 rings (SSSR count). The van der Waals surface area contributed by atoms with E-state index < -0.39 is 0 Å². The van der Waals surface area contributed by atoms with Crippen molar-refractivity contribution < 1.29 is 4.74 Å². The molecule has 4 nitrogen and oxygen atoms in total. The number of hydrogen-bond donors (Lipinski definition) is 3. The molecule has 0 radical (unpaired) electrons. The van der Waals surface area contributed by atoms with Crippen molar-refractivity contribution in [1.82, 2.24) is 16.0 Å². The van der Waals surface area contributed by atoms with Gasteiger partial charge in [0.15, 0.2) is 0 Å². The minimum absolute atomic E-state index is 0.514. The zero-order valence-electron chi connectivity index (χ0n) is 28.2. The van der Waals surface area contributed by atoms with Gasteiger partial charge in [-0.3, -0.25) is 16.0 Å². The van der Waals surface area contributed by atoms with E-state index in [4.69, 9.17) is 4.74 Å². The molecule has 0 amide bonds. The van der Waals surface area contributed by atoms with Gasteiger partial charge in [-0.2, -0.15) is 0 Å². The molecule has 3 N–H and O–H groups in total. The number of hydrogen-bond acceptors (Lipinski definition) is 4. The van der Waals surface area contributed by atoms with Crippen molar-refractivity contribution in [3.05, 3.63) is 0 Å². The third kappa shape index (κ3) is 5.03. The lowest BCUT2D eigenvalue weighted by molar-refractivity contribution is -0.243. The summed E-state index contributed by atoms with van der Waals surface area (Å²) in [5.74, 6) is 8.25. The normalized spacial score (nSPS) is 52.1. The highest BCUT2D eigenvalue weighted by atomic mass is 16.5. The maximum absolute atomic E-state index is 7.21. The third-order valence-electron chi connectivity index (χ3n) is 16.4. The Morgan fingerprint density at radius 3 is 1.41 bits per heavy atom. The molecule has 11 unspecified atom stereocenters. The van der Waals surface area contributed by atoms with Crippen LogP contribution >= 0.6 is 0 Å². The predicted octanol–water partition coefficient (Wildman–Crippen LogP) is 8.89. The Bertz CT molecular complexity index is 926. The topological polar surface area (TPSA) is 45.3 Å². The zero-order valence-corrected chi connectivity index (χ0v) is 28.2. The van der Waals surface area contributed by atoms with Crippen LogP contribution in [0.2, 0.25) is 0 Å². The lowest BCUT2D eigenvalue weighted by Gasteiger charge is -2.63. The van der Waals surface area contributed by atoms with E-state index in [0.29, 0.717) is 36.1 Å². The number of nitrogens with one attached hydrogen (secondary N) is 3. The van der Waals surface area contributed by atoms with Crippen LogP contribution in [0.1, 0.15) is 161 Å². The van der Waals surface area contributed by atoms with Crippen molar-refractivity contribution in [1.29, 1.82) is 0 Å². The molecule has 0 aromatic carbocycles. The van der Waals surface area contributed by atoms with Crippen LogP contribution in [-0.2, 0) is 4.74 Å². The first kappa shape index (κ1) is 29.9. The largest absolute Gasteiger partial charge is 0.374 e. The maximum Gasteiger partial charge on any atom is 0.0624 e. The number of fused-ring (bicyclic) bond motifs is 9. The van der Waals surface area contributed by atoms with Crippen LogP contribution in [0, 0.1) is 58.7 Å². The standard InChI is InChI=1S/C40H67N3O/c1-3-13-26(14-4-1)37-41-38(27-15-5-2-6-16-27)43-39(42-37)28-23-24-30-29-17-7-8-18-31(29)40(34(30)25-28)32-19-9-11-21-35(32)44-36-22-12-10-20-33(36)40/h26-39,41-43H,1-25H2. The molecule has 9 aliphatic rings. The summed E-state index contributed by atoms with van der Waals surface area (Å²) >= 11 is 0. The van der Waals surface area contributed by atoms with E-state index in [1.807, 2.05) is 0 Å². The van der Waals surface area contributed by atoms with Crippen molar-refractivity contribution >= 4 is 0 Å². The van der Waals surface area contributed by atoms with Crippen molar-refractivity contribution in [2.75, 3.05) is 0 Å². The predicted molar refractivity (Wildman–Crippen MR) is 179 cm³/mol. The highest BCUT2D eigenvalue weighted by Gasteiger charge is 2.70. The highest BCUT2D eigenvalue weighted by molar-refractivity contribution is 5.18. The average Bonchev–Trinajstić information content (AvgIpc) is 3.39. The second kappa shape index (κ2) is 12.7. The lowest BCUT2D eigenvalue weighted by Crippen LogP contribution is -2.72. The first-order chi connectivity index (χ1) is 21.8. The van der Waals surface area contributed by atoms with Crippen LogP contribution < -0.4 is 16.0 Å². The quantitative estimate of drug-likeness (QED) is 0.301. The monoisotopic (exact) mass is 606 g/mol. The number of rotatable bonds is 3. The van der Waals surface area contributed by atoms with E-state index in [2.05, 4.69) is 16.0 Å². The summed E-state index contributed by atoms with van der Waals surface area (Å²) in [5, 5.41) is 13.0. The zero-order chi connectivity index (χ0) is 29.1. The van der Waals surface area contributed by atoms with Gasteiger partial charge in [0.25, 0.3) is 0 Å². The maximum atomic E-state index is 7.21. The third-order valence-corrected chi connectivity index (χ3v) is 16.4. The van der Waals surface area contributed by atoms with Gasteiger partial charge in [-0.25, -0.2) is 0 Å². The van der Waals surface area contributed by atoms with Crippen LogP contribution in [0.5, 0.6) is 0 Å². The molecule has 1 spiro atoms. The van der Waals surface area contributed by atoms with Gasteiger partial charge in [0.2, 0.25) is 0 Å². The minimum atomic E-state index is 0.514. The molecule has 0 aromatic heterocycles. The van der Waals surface area contributed by atoms with Crippen molar-refractivity contribution in [3.63, 3.8) is 0 Å². The van der Waals surface area contributed by atoms with Gasteiger partial charge in [-0.05, 0) is 142 Å². The molecule has 248 valence electrons. The van der Waals surface area contributed by atoms with Crippen LogP contribution in [-0.4, -0.2) is 30.7 Å². The van der Waals surface area contributed by atoms with Crippen LogP contribution in [0.3, 0.4) is 0 Å². The molecule has 7 saturated carbocycles. The first-order valence-corrected chi connectivity index (χ1v) is 20.7. The van der Waals surface area contributed by atoms with Gasteiger partial charge in [-0.15, -0.1) is 0 Å². The Labute approximate surface area is 270 Å². The fourth-order valence-electron chi connectivity index (χ4n) is 14.9. The van der Waals surface area contributed by atoms with E-state index >= 15 is 0 Å². The molecule has 7 aliphatic carbocycles. The smallest absolute Gasteiger partial charge is 0.0624 e. The fourth-order valence-corrected chi connectivity index (χ4v) is 14.9. The summed E-state index contributed by atoms with van der Waals surface area (Å²) in [4.78, 5) is 0. The molecule has 11 atom stereocenters. The molecule has 44 heavy (non-hydrogen) atoms. The van der Waals surface area contributed by atoms with Gasteiger partial charge < -0.3 is 4.74 Å². The van der Waals surface area contributed by atoms with Gasteiger partial charge in [0.05, 0.1) is 30.7 Å². The second-order valence-corrected chi connectivity index (χ2v) is 18.1. The average molecular weight is 606 g/mol.